The Morgan fingerprint density at radius 1 is 1.41 bits per heavy atom. The molecule has 1 aromatic rings. The molecule has 0 aromatic heterocycles. The third-order valence-electron chi connectivity index (χ3n) is 2.98. The lowest BCUT2D eigenvalue weighted by Gasteiger charge is -2.13. The fourth-order valence-electron chi connectivity index (χ4n) is 1.55. The van der Waals surface area contributed by atoms with E-state index in [4.69, 9.17) is 5.73 Å². The van der Waals surface area contributed by atoms with Crippen LogP contribution in [0.15, 0.2) is 16.6 Å². The van der Waals surface area contributed by atoms with Crippen LogP contribution in [0.3, 0.4) is 0 Å². The molecule has 3 nitrogen and oxygen atoms in total. The number of carbonyl (C=O) groups is 1. The van der Waals surface area contributed by atoms with Gasteiger partial charge >= 0.3 is 0 Å². The Kier molecular flexibility index (Phi) is 3.18. The van der Waals surface area contributed by atoms with Gasteiger partial charge in [0, 0.05) is 12.6 Å². The van der Waals surface area contributed by atoms with E-state index in [9.17, 15) is 13.6 Å². The molecule has 1 aliphatic carbocycles. The zero-order valence-electron chi connectivity index (χ0n) is 8.90. The standard InChI is InChI=1S/C11H11BrF2N2O/c12-6-3-8(14)9(4-7(6)13)16-10(17)11(5-15)1-2-11/h3-4H,1-2,5,15H2,(H,16,17). The molecule has 0 saturated heterocycles. The maximum absolute atomic E-state index is 13.5. The Hall–Kier alpha value is -1.01. The minimum atomic E-state index is -0.681. The molecule has 1 amide bonds. The predicted octanol–water partition coefficient (Wildman–Crippen LogP) is 2.40. The summed E-state index contributed by atoms with van der Waals surface area (Å²) in [5, 5.41) is 2.38. The average molecular weight is 305 g/mol. The molecule has 0 bridgehead atoms. The minimum absolute atomic E-state index is 0.0213. The van der Waals surface area contributed by atoms with Crippen LogP contribution in [0.5, 0.6) is 0 Å². The van der Waals surface area contributed by atoms with Gasteiger partial charge in [-0.05, 0) is 34.8 Å². The van der Waals surface area contributed by atoms with Gasteiger partial charge in [-0.2, -0.15) is 0 Å². The first-order valence-electron chi connectivity index (χ1n) is 5.14. The third-order valence-corrected chi connectivity index (χ3v) is 3.59. The fraction of sp³-hybridized carbons (Fsp3) is 0.364. The first-order valence-corrected chi connectivity index (χ1v) is 5.94. The second-order valence-corrected chi connectivity index (χ2v) is 5.04. The van der Waals surface area contributed by atoms with Crippen molar-refractivity contribution in [2.75, 3.05) is 11.9 Å². The van der Waals surface area contributed by atoms with Crippen molar-refractivity contribution in [3.8, 4) is 0 Å². The molecule has 1 fully saturated rings. The number of benzene rings is 1. The van der Waals surface area contributed by atoms with Crippen LogP contribution in [-0.2, 0) is 4.79 Å². The highest BCUT2D eigenvalue weighted by Gasteiger charge is 2.48. The Labute approximate surface area is 106 Å². The van der Waals surface area contributed by atoms with E-state index >= 15 is 0 Å². The van der Waals surface area contributed by atoms with E-state index in [0.29, 0.717) is 12.8 Å². The van der Waals surface area contributed by atoms with Crippen LogP contribution in [-0.4, -0.2) is 12.5 Å². The smallest absolute Gasteiger partial charge is 0.231 e. The Balaban J connectivity index is 2.19. The van der Waals surface area contributed by atoms with Crippen LogP contribution in [0.25, 0.3) is 0 Å². The summed E-state index contributed by atoms with van der Waals surface area (Å²) in [7, 11) is 0. The number of hydrogen-bond acceptors (Lipinski definition) is 2. The van der Waals surface area contributed by atoms with Crippen LogP contribution in [0.1, 0.15) is 12.8 Å². The molecule has 1 saturated carbocycles. The molecule has 17 heavy (non-hydrogen) atoms. The number of nitrogens with two attached hydrogens (primary N) is 1. The molecule has 0 heterocycles. The van der Waals surface area contributed by atoms with Gasteiger partial charge < -0.3 is 11.1 Å². The number of anilines is 1. The Morgan fingerprint density at radius 3 is 2.59 bits per heavy atom. The lowest BCUT2D eigenvalue weighted by Crippen LogP contribution is -2.31. The van der Waals surface area contributed by atoms with Crippen LogP contribution < -0.4 is 11.1 Å². The summed E-state index contributed by atoms with van der Waals surface area (Å²) in [6.07, 6.45) is 1.38. The highest BCUT2D eigenvalue weighted by atomic mass is 79.9. The number of hydrogen-bond donors (Lipinski definition) is 2. The van der Waals surface area contributed by atoms with E-state index in [0.717, 1.165) is 12.1 Å². The van der Waals surface area contributed by atoms with Gasteiger partial charge in [-0.1, -0.05) is 0 Å². The monoisotopic (exact) mass is 304 g/mol. The lowest BCUT2D eigenvalue weighted by atomic mass is 10.1. The quantitative estimate of drug-likeness (QED) is 0.843. The summed E-state index contributed by atoms with van der Waals surface area (Å²) in [5.41, 5.74) is 4.73. The molecule has 0 radical (unpaired) electrons. The fourth-order valence-corrected chi connectivity index (χ4v) is 1.86. The molecule has 1 aromatic carbocycles. The molecule has 0 aliphatic heterocycles. The summed E-state index contributed by atoms with van der Waals surface area (Å²) < 4.78 is 26.7. The molecule has 92 valence electrons. The van der Waals surface area contributed by atoms with Crippen LogP contribution in [0.2, 0.25) is 0 Å². The summed E-state index contributed by atoms with van der Waals surface area (Å²) >= 11 is 2.86. The topological polar surface area (TPSA) is 55.1 Å². The van der Waals surface area contributed by atoms with E-state index in [2.05, 4.69) is 21.2 Å². The van der Waals surface area contributed by atoms with Crippen molar-refractivity contribution < 1.29 is 13.6 Å². The molecule has 0 unspecified atom stereocenters. The average Bonchev–Trinajstić information content (AvgIpc) is 3.06. The minimum Gasteiger partial charge on any atom is -0.329 e. The van der Waals surface area contributed by atoms with Crippen molar-refractivity contribution in [3.05, 3.63) is 28.2 Å². The van der Waals surface area contributed by atoms with E-state index in [1.54, 1.807) is 0 Å². The van der Waals surface area contributed by atoms with E-state index in [1.807, 2.05) is 0 Å². The van der Waals surface area contributed by atoms with E-state index in [1.165, 1.54) is 0 Å². The summed E-state index contributed by atoms with van der Waals surface area (Å²) in [6, 6.07) is 1.93. The molecular weight excluding hydrogens is 294 g/mol. The lowest BCUT2D eigenvalue weighted by molar-refractivity contribution is -0.120. The predicted molar refractivity (Wildman–Crippen MR) is 63.4 cm³/mol. The third kappa shape index (κ3) is 2.32. The number of halogens is 3. The van der Waals surface area contributed by atoms with Crippen molar-refractivity contribution in [2.24, 2.45) is 11.1 Å². The van der Waals surface area contributed by atoms with Crippen LogP contribution in [0.4, 0.5) is 14.5 Å². The van der Waals surface area contributed by atoms with Gasteiger partial charge in [0.25, 0.3) is 0 Å². The van der Waals surface area contributed by atoms with Crippen molar-refractivity contribution >= 4 is 27.5 Å². The van der Waals surface area contributed by atoms with Crippen molar-refractivity contribution in [1.29, 1.82) is 0 Å². The van der Waals surface area contributed by atoms with Gasteiger partial charge in [-0.15, -0.1) is 0 Å². The van der Waals surface area contributed by atoms with E-state index in [-0.39, 0.29) is 22.6 Å². The highest BCUT2D eigenvalue weighted by molar-refractivity contribution is 9.10. The van der Waals surface area contributed by atoms with Gasteiger partial charge in [-0.3, -0.25) is 4.79 Å². The highest BCUT2D eigenvalue weighted by Crippen LogP contribution is 2.45. The number of rotatable bonds is 3. The number of carbonyl (C=O) groups excluding carboxylic acids is 1. The normalized spacial score (nSPS) is 16.7. The number of nitrogens with one attached hydrogen (secondary N) is 1. The van der Waals surface area contributed by atoms with Gasteiger partial charge in [0.2, 0.25) is 5.91 Å². The molecular formula is C11H11BrF2N2O. The molecule has 1 aliphatic rings. The van der Waals surface area contributed by atoms with Crippen molar-refractivity contribution in [3.63, 3.8) is 0 Å². The summed E-state index contributed by atoms with van der Waals surface area (Å²) in [6.45, 7) is 0.222. The Bertz CT molecular complexity index is 475. The van der Waals surface area contributed by atoms with E-state index < -0.39 is 17.0 Å². The zero-order valence-corrected chi connectivity index (χ0v) is 10.5. The summed E-state index contributed by atoms with van der Waals surface area (Å²) in [4.78, 5) is 11.8. The first-order chi connectivity index (χ1) is 7.98. The maximum Gasteiger partial charge on any atom is 0.231 e. The van der Waals surface area contributed by atoms with Gasteiger partial charge in [0.15, 0.2) is 0 Å². The summed E-state index contributed by atoms with van der Waals surface area (Å²) in [5.74, 6) is -1.65. The van der Waals surface area contributed by atoms with Gasteiger partial charge in [-0.25, -0.2) is 8.78 Å². The largest absolute Gasteiger partial charge is 0.329 e. The van der Waals surface area contributed by atoms with Gasteiger partial charge in [0.1, 0.15) is 11.6 Å². The first kappa shape index (κ1) is 12.4. The maximum atomic E-state index is 13.5. The second-order valence-electron chi connectivity index (χ2n) is 4.18. The molecule has 2 rings (SSSR count). The van der Waals surface area contributed by atoms with Crippen molar-refractivity contribution in [1.82, 2.24) is 0 Å². The SMILES string of the molecule is NCC1(C(=O)Nc2cc(F)c(Br)cc2F)CC1. The van der Waals surface area contributed by atoms with Crippen LogP contribution >= 0.6 is 15.9 Å². The van der Waals surface area contributed by atoms with Crippen molar-refractivity contribution in [2.45, 2.75) is 12.8 Å². The number of amides is 1. The zero-order chi connectivity index (χ0) is 12.6. The Morgan fingerprint density at radius 2 is 2.06 bits per heavy atom. The molecule has 0 spiro atoms. The molecule has 6 heteroatoms. The van der Waals surface area contributed by atoms with Gasteiger partial charge in [0.05, 0.1) is 15.6 Å². The molecule has 0 atom stereocenters. The van der Waals surface area contributed by atoms with Crippen LogP contribution in [0, 0.1) is 17.0 Å². The molecule has 3 N–H and O–H groups in total. The second kappa shape index (κ2) is 4.34.